The molecule has 0 radical (unpaired) electrons. The zero-order valence-corrected chi connectivity index (χ0v) is 19.6. The van der Waals surface area contributed by atoms with Gasteiger partial charge in [0.1, 0.15) is 10.5 Å². The number of benzene rings is 2. The molecule has 0 spiro atoms. The number of anilines is 1. The van der Waals surface area contributed by atoms with Gasteiger partial charge in [-0.2, -0.15) is 4.31 Å². The van der Waals surface area contributed by atoms with Crippen LogP contribution in [0.1, 0.15) is 24.1 Å². The van der Waals surface area contributed by atoms with Crippen LogP contribution in [0.5, 0.6) is 0 Å². The average molecular weight is 481 g/mol. The van der Waals surface area contributed by atoms with Gasteiger partial charge in [-0.3, -0.25) is 9.36 Å². The molecule has 0 atom stereocenters. The molecular formula is C24H24N4O3S2. The van der Waals surface area contributed by atoms with E-state index >= 15 is 0 Å². The maximum Gasteiger partial charge on any atom is 0.252 e. The van der Waals surface area contributed by atoms with E-state index in [-0.39, 0.29) is 12.3 Å². The van der Waals surface area contributed by atoms with E-state index < -0.39 is 10.0 Å². The molecule has 0 saturated carbocycles. The molecule has 1 aliphatic rings. The van der Waals surface area contributed by atoms with Gasteiger partial charge in [-0.25, -0.2) is 13.4 Å². The van der Waals surface area contributed by atoms with Gasteiger partial charge < -0.3 is 5.32 Å². The Morgan fingerprint density at radius 2 is 1.73 bits per heavy atom. The Hall–Kier alpha value is -3.01. The fourth-order valence-corrected chi connectivity index (χ4v) is 7.08. The van der Waals surface area contributed by atoms with E-state index in [0.29, 0.717) is 23.0 Å². The minimum Gasteiger partial charge on any atom is -0.326 e. The average Bonchev–Trinajstić information content (AvgIpc) is 3.48. The maximum absolute atomic E-state index is 12.8. The first-order valence-corrected chi connectivity index (χ1v) is 13.2. The SMILES string of the molecule is O=C(Cc1ccc(S(=O)(=O)N2CCCCC2)s1)Nc1ccc(-n2cnc3ccccc32)cc1. The largest absolute Gasteiger partial charge is 0.326 e. The fraction of sp³-hybridized carbons (Fsp3) is 0.250. The topological polar surface area (TPSA) is 84.3 Å². The Kier molecular flexibility index (Phi) is 6.01. The first-order valence-electron chi connectivity index (χ1n) is 10.9. The van der Waals surface area contributed by atoms with Crippen molar-refractivity contribution in [1.29, 1.82) is 0 Å². The van der Waals surface area contributed by atoms with Crippen molar-refractivity contribution >= 4 is 44.0 Å². The van der Waals surface area contributed by atoms with Gasteiger partial charge in [-0.05, 0) is 61.4 Å². The molecule has 0 bridgehead atoms. The van der Waals surface area contributed by atoms with Crippen LogP contribution in [0.2, 0.25) is 0 Å². The Bertz CT molecular complexity index is 1380. The van der Waals surface area contributed by atoms with Crippen LogP contribution in [0.25, 0.3) is 16.7 Å². The molecule has 1 fully saturated rings. The van der Waals surface area contributed by atoms with Crippen molar-refractivity contribution in [2.75, 3.05) is 18.4 Å². The number of amides is 1. The summed E-state index contributed by atoms with van der Waals surface area (Å²) < 4.78 is 29.5. The summed E-state index contributed by atoms with van der Waals surface area (Å²) in [5.74, 6) is -0.181. The summed E-state index contributed by atoms with van der Waals surface area (Å²) in [6.45, 7) is 1.14. The zero-order chi connectivity index (χ0) is 22.8. The second-order valence-corrected chi connectivity index (χ2v) is 11.4. The van der Waals surface area contributed by atoms with Crippen molar-refractivity contribution in [1.82, 2.24) is 13.9 Å². The highest BCUT2D eigenvalue weighted by Gasteiger charge is 2.27. The number of sulfonamides is 1. The maximum atomic E-state index is 12.8. The van der Waals surface area contributed by atoms with Crippen LogP contribution in [0.4, 0.5) is 5.69 Å². The molecule has 2 aromatic carbocycles. The molecule has 0 unspecified atom stereocenters. The number of hydrogen-bond donors (Lipinski definition) is 1. The first kappa shape index (κ1) is 21.8. The van der Waals surface area contributed by atoms with Gasteiger partial charge in [-0.1, -0.05) is 18.6 Å². The number of hydrogen-bond acceptors (Lipinski definition) is 5. The highest BCUT2D eigenvalue weighted by molar-refractivity contribution is 7.91. The fourth-order valence-electron chi connectivity index (χ4n) is 4.06. The van der Waals surface area contributed by atoms with Crippen LogP contribution in [0.3, 0.4) is 0 Å². The van der Waals surface area contributed by atoms with Crippen LogP contribution < -0.4 is 5.32 Å². The summed E-state index contributed by atoms with van der Waals surface area (Å²) in [5, 5.41) is 2.89. The smallest absolute Gasteiger partial charge is 0.252 e. The highest BCUT2D eigenvalue weighted by atomic mass is 32.2. The van der Waals surface area contributed by atoms with Gasteiger partial charge >= 0.3 is 0 Å². The lowest BCUT2D eigenvalue weighted by molar-refractivity contribution is -0.115. The minimum atomic E-state index is -3.47. The zero-order valence-electron chi connectivity index (χ0n) is 18.0. The van der Waals surface area contributed by atoms with Crippen molar-refractivity contribution in [3.05, 3.63) is 71.9 Å². The van der Waals surface area contributed by atoms with Gasteiger partial charge in [0.25, 0.3) is 10.0 Å². The standard InChI is InChI=1S/C24H24N4O3S2/c29-23(16-20-12-13-24(32-20)33(30,31)27-14-4-1-5-15-27)26-18-8-10-19(11-9-18)28-17-25-21-6-2-3-7-22(21)28/h2-3,6-13,17H,1,4-5,14-16H2,(H,26,29). The Morgan fingerprint density at radius 1 is 0.970 bits per heavy atom. The Morgan fingerprint density at radius 3 is 2.52 bits per heavy atom. The lowest BCUT2D eigenvalue weighted by Crippen LogP contribution is -2.35. The van der Waals surface area contributed by atoms with Gasteiger partial charge in [0.2, 0.25) is 5.91 Å². The van der Waals surface area contributed by atoms with Crippen LogP contribution in [-0.4, -0.2) is 41.3 Å². The number of thiophene rings is 1. The Labute approximate surface area is 196 Å². The van der Waals surface area contributed by atoms with E-state index in [2.05, 4.69) is 10.3 Å². The molecule has 170 valence electrons. The van der Waals surface area contributed by atoms with Crippen molar-refractivity contribution in [2.45, 2.75) is 29.9 Å². The van der Waals surface area contributed by atoms with Crippen molar-refractivity contribution < 1.29 is 13.2 Å². The molecule has 0 aliphatic carbocycles. The monoisotopic (exact) mass is 480 g/mol. The van der Waals surface area contributed by atoms with E-state index in [1.54, 1.807) is 22.8 Å². The molecule has 5 rings (SSSR count). The van der Waals surface area contributed by atoms with Crippen molar-refractivity contribution in [3.63, 3.8) is 0 Å². The number of carbonyl (C=O) groups is 1. The number of aromatic nitrogens is 2. The molecule has 3 heterocycles. The van der Waals surface area contributed by atoms with Gasteiger partial charge in [0, 0.05) is 29.3 Å². The highest BCUT2D eigenvalue weighted by Crippen LogP contribution is 2.27. The lowest BCUT2D eigenvalue weighted by Gasteiger charge is -2.25. The molecule has 9 heteroatoms. The van der Waals surface area contributed by atoms with E-state index in [1.807, 2.05) is 53.1 Å². The molecule has 1 N–H and O–H groups in total. The molecule has 1 aliphatic heterocycles. The van der Waals surface area contributed by atoms with E-state index in [1.165, 1.54) is 11.3 Å². The Balaban J connectivity index is 1.23. The van der Waals surface area contributed by atoms with Crippen LogP contribution >= 0.6 is 11.3 Å². The number of fused-ring (bicyclic) bond motifs is 1. The molecule has 7 nitrogen and oxygen atoms in total. The summed E-state index contributed by atoms with van der Waals surface area (Å²) in [6, 6.07) is 18.8. The predicted molar refractivity (Wildman–Crippen MR) is 130 cm³/mol. The first-order chi connectivity index (χ1) is 16.0. The molecule has 1 amide bonds. The number of carbonyl (C=O) groups excluding carboxylic acids is 1. The second kappa shape index (κ2) is 9.09. The number of nitrogens with zero attached hydrogens (tertiary/aromatic N) is 3. The third-order valence-electron chi connectivity index (χ3n) is 5.76. The normalized spacial score (nSPS) is 15.0. The van der Waals surface area contributed by atoms with Gasteiger partial charge in [0.05, 0.1) is 17.5 Å². The third-order valence-corrected chi connectivity index (χ3v) is 9.22. The number of piperidine rings is 1. The van der Waals surface area contributed by atoms with Crippen LogP contribution in [-0.2, 0) is 21.2 Å². The lowest BCUT2D eigenvalue weighted by atomic mass is 10.2. The molecule has 2 aromatic heterocycles. The third kappa shape index (κ3) is 4.57. The van der Waals surface area contributed by atoms with Crippen LogP contribution in [0, 0.1) is 0 Å². The summed E-state index contributed by atoms with van der Waals surface area (Å²) in [5.41, 5.74) is 3.58. The number of rotatable bonds is 6. The summed E-state index contributed by atoms with van der Waals surface area (Å²) in [6.07, 6.45) is 4.78. The second-order valence-electron chi connectivity index (χ2n) is 8.06. The van der Waals surface area contributed by atoms with Crippen LogP contribution in [0.15, 0.2) is 71.2 Å². The predicted octanol–water partition coefficient (Wildman–Crippen LogP) is 4.44. The number of para-hydroxylation sites is 2. The summed E-state index contributed by atoms with van der Waals surface area (Å²) >= 11 is 1.17. The summed E-state index contributed by atoms with van der Waals surface area (Å²) in [4.78, 5) is 17.7. The van der Waals surface area contributed by atoms with Gasteiger partial charge in [-0.15, -0.1) is 11.3 Å². The van der Waals surface area contributed by atoms with E-state index in [0.717, 1.165) is 40.9 Å². The number of nitrogens with one attached hydrogen (secondary N) is 1. The molecular weight excluding hydrogens is 456 g/mol. The van der Waals surface area contributed by atoms with Gasteiger partial charge in [0.15, 0.2) is 0 Å². The van der Waals surface area contributed by atoms with E-state index in [9.17, 15) is 13.2 Å². The molecule has 1 saturated heterocycles. The molecule has 33 heavy (non-hydrogen) atoms. The molecule has 4 aromatic rings. The van der Waals surface area contributed by atoms with Crippen molar-refractivity contribution in [3.8, 4) is 5.69 Å². The minimum absolute atomic E-state index is 0.133. The van der Waals surface area contributed by atoms with Crippen molar-refractivity contribution in [2.24, 2.45) is 0 Å². The quantitative estimate of drug-likeness (QED) is 0.442. The number of imidazole rings is 1. The van der Waals surface area contributed by atoms with E-state index in [4.69, 9.17) is 0 Å². The summed E-state index contributed by atoms with van der Waals surface area (Å²) in [7, 11) is -3.47.